The molecule has 0 bridgehead atoms. The summed E-state index contributed by atoms with van der Waals surface area (Å²) in [4.78, 5) is 21.8. The number of benzene rings is 1. The van der Waals surface area contributed by atoms with E-state index in [0.717, 1.165) is 16.8 Å². The van der Waals surface area contributed by atoms with Gasteiger partial charge < -0.3 is 4.98 Å². The van der Waals surface area contributed by atoms with Crippen molar-refractivity contribution in [3.05, 3.63) is 65.1 Å². The lowest BCUT2D eigenvalue weighted by molar-refractivity contribution is -0.384. The van der Waals surface area contributed by atoms with Crippen LogP contribution in [-0.4, -0.2) is 19.9 Å². The van der Waals surface area contributed by atoms with Crippen molar-refractivity contribution in [2.75, 3.05) is 0 Å². The number of halogens is 1. The van der Waals surface area contributed by atoms with Crippen LogP contribution in [0.1, 0.15) is 0 Å². The van der Waals surface area contributed by atoms with Gasteiger partial charge in [0.2, 0.25) is 0 Å². The molecule has 1 N–H and O–H groups in total. The molecule has 0 saturated carbocycles. The van der Waals surface area contributed by atoms with Crippen LogP contribution in [0.15, 0.2) is 55.0 Å². The molecule has 6 nitrogen and oxygen atoms in total. The van der Waals surface area contributed by atoms with Crippen molar-refractivity contribution in [1.29, 1.82) is 0 Å². The second-order valence-corrected chi connectivity index (χ2v) is 4.19. The van der Waals surface area contributed by atoms with E-state index in [2.05, 4.69) is 15.0 Å². The van der Waals surface area contributed by atoms with Crippen LogP contribution in [0.2, 0.25) is 0 Å². The zero-order valence-electron chi connectivity index (χ0n) is 10.8. The van der Waals surface area contributed by atoms with Crippen molar-refractivity contribution in [3.63, 3.8) is 0 Å². The summed E-state index contributed by atoms with van der Waals surface area (Å²) in [6.07, 6.45) is 5.05. The lowest BCUT2D eigenvalue weighted by atomic mass is 10.1. The maximum Gasteiger partial charge on any atom is 0.270 e. The van der Waals surface area contributed by atoms with E-state index in [0.29, 0.717) is 5.82 Å². The first-order valence-corrected chi connectivity index (χ1v) is 5.94. The maximum atomic E-state index is 10.8. The molecule has 0 aliphatic carbocycles. The summed E-state index contributed by atoms with van der Waals surface area (Å²) in [5.74, 6) is 0.680. The molecule has 0 saturated heterocycles. The van der Waals surface area contributed by atoms with Gasteiger partial charge >= 0.3 is 0 Å². The number of hydrogen-bond donors (Lipinski definition) is 1. The number of non-ortho nitro benzene ring substituents is 1. The van der Waals surface area contributed by atoms with E-state index in [1.807, 2.05) is 12.1 Å². The minimum atomic E-state index is -0.415. The van der Waals surface area contributed by atoms with E-state index < -0.39 is 4.92 Å². The summed E-state index contributed by atoms with van der Waals surface area (Å²) in [6, 6.07) is 10.1. The highest BCUT2D eigenvalue weighted by Crippen LogP contribution is 2.24. The monoisotopic (exact) mass is 346 g/mol. The van der Waals surface area contributed by atoms with E-state index in [1.165, 1.54) is 12.1 Å². The topological polar surface area (TPSA) is 84.7 Å². The third-order valence-corrected chi connectivity index (χ3v) is 2.88. The molecule has 1 aromatic carbocycles. The fourth-order valence-electron chi connectivity index (χ4n) is 1.90. The standard InChI is InChI=1S/C14H10N4O2.BrH/c19-18(20)12-5-1-3-10(7-12)13-9-16-14(17-13)11-4-2-6-15-8-11;/h1-9H,(H,16,17);1H. The highest BCUT2D eigenvalue weighted by atomic mass is 79.9. The fraction of sp³-hybridized carbons (Fsp3) is 0. The van der Waals surface area contributed by atoms with Gasteiger partial charge in [0.25, 0.3) is 5.69 Å². The molecule has 2 heterocycles. The summed E-state index contributed by atoms with van der Waals surface area (Å²) in [5.41, 5.74) is 2.37. The molecule has 0 amide bonds. The Labute approximate surface area is 130 Å². The number of nitro groups is 1. The van der Waals surface area contributed by atoms with Crippen LogP contribution >= 0.6 is 17.0 Å². The molecule has 0 aliphatic heterocycles. The number of nitro benzene ring substituents is 1. The van der Waals surface area contributed by atoms with Gasteiger partial charge in [-0.1, -0.05) is 12.1 Å². The summed E-state index contributed by atoms with van der Waals surface area (Å²) >= 11 is 0. The second kappa shape index (κ2) is 6.27. The molecule has 21 heavy (non-hydrogen) atoms. The highest BCUT2D eigenvalue weighted by Gasteiger charge is 2.09. The third kappa shape index (κ3) is 3.14. The normalized spacial score (nSPS) is 9.90. The van der Waals surface area contributed by atoms with E-state index in [-0.39, 0.29) is 22.7 Å². The summed E-state index contributed by atoms with van der Waals surface area (Å²) in [7, 11) is 0. The van der Waals surface area contributed by atoms with Crippen LogP contribution in [0, 0.1) is 10.1 Å². The van der Waals surface area contributed by atoms with Crippen LogP contribution in [-0.2, 0) is 0 Å². The van der Waals surface area contributed by atoms with Gasteiger partial charge in [-0.15, -0.1) is 17.0 Å². The lowest BCUT2D eigenvalue weighted by Crippen LogP contribution is -1.88. The van der Waals surface area contributed by atoms with Gasteiger partial charge in [0, 0.05) is 35.7 Å². The molecule has 3 aromatic rings. The van der Waals surface area contributed by atoms with Gasteiger partial charge in [-0.2, -0.15) is 0 Å². The van der Waals surface area contributed by atoms with Crippen molar-refractivity contribution in [3.8, 4) is 22.6 Å². The van der Waals surface area contributed by atoms with Gasteiger partial charge in [-0.05, 0) is 12.1 Å². The van der Waals surface area contributed by atoms with Gasteiger partial charge in [-0.3, -0.25) is 15.1 Å². The number of nitrogens with one attached hydrogen (secondary N) is 1. The van der Waals surface area contributed by atoms with Gasteiger partial charge in [0.1, 0.15) is 5.82 Å². The van der Waals surface area contributed by atoms with Gasteiger partial charge in [0.05, 0.1) is 16.8 Å². The average molecular weight is 347 g/mol. The number of aromatic nitrogens is 3. The third-order valence-electron chi connectivity index (χ3n) is 2.88. The number of rotatable bonds is 3. The molecule has 7 heteroatoms. The van der Waals surface area contributed by atoms with Crippen LogP contribution in [0.3, 0.4) is 0 Å². The number of nitrogens with zero attached hydrogens (tertiary/aromatic N) is 3. The molecule has 2 aromatic heterocycles. The zero-order chi connectivity index (χ0) is 13.9. The summed E-state index contributed by atoms with van der Waals surface area (Å²) in [5, 5.41) is 10.8. The molecule has 0 radical (unpaired) electrons. The molecule has 0 spiro atoms. The number of pyridine rings is 1. The molecule has 0 aliphatic rings. The predicted octanol–water partition coefficient (Wildman–Crippen LogP) is 3.62. The maximum absolute atomic E-state index is 10.8. The molecule has 0 unspecified atom stereocenters. The van der Waals surface area contributed by atoms with Gasteiger partial charge in [0.15, 0.2) is 0 Å². The zero-order valence-corrected chi connectivity index (χ0v) is 12.5. The Morgan fingerprint density at radius 3 is 2.62 bits per heavy atom. The molecular weight excluding hydrogens is 336 g/mol. The average Bonchev–Trinajstić information content (AvgIpc) is 2.98. The Kier molecular flexibility index (Phi) is 4.44. The van der Waals surface area contributed by atoms with Crippen LogP contribution in [0.5, 0.6) is 0 Å². The lowest BCUT2D eigenvalue weighted by Gasteiger charge is -1.98. The van der Waals surface area contributed by atoms with E-state index >= 15 is 0 Å². The van der Waals surface area contributed by atoms with Crippen LogP contribution in [0.4, 0.5) is 5.69 Å². The van der Waals surface area contributed by atoms with E-state index in [1.54, 1.807) is 30.7 Å². The second-order valence-electron chi connectivity index (χ2n) is 4.19. The van der Waals surface area contributed by atoms with Gasteiger partial charge in [-0.25, -0.2) is 4.98 Å². The Morgan fingerprint density at radius 1 is 1.10 bits per heavy atom. The minimum absolute atomic E-state index is 0. The smallest absolute Gasteiger partial charge is 0.270 e. The number of H-pyrrole nitrogens is 1. The van der Waals surface area contributed by atoms with Crippen molar-refractivity contribution in [2.24, 2.45) is 0 Å². The SMILES string of the molecule is Br.O=[N+]([O-])c1cccc(-c2cnc(-c3cccnc3)[nH]2)c1. The predicted molar refractivity (Wildman–Crippen MR) is 84.2 cm³/mol. The van der Waals surface area contributed by atoms with Crippen molar-refractivity contribution < 1.29 is 4.92 Å². The Hall–Kier alpha value is -2.54. The number of hydrogen-bond acceptors (Lipinski definition) is 4. The molecule has 3 rings (SSSR count). The number of imidazole rings is 1. The highest BCUT2D eigenvalue weighted by molar-refractivity contribution is 8.93. The van der Waals surface area contributed by atoms with Crippen molar-refractivity contribution >= 4 is 22.7 Å². The van der Waals surface area contributed by atoms with E-state index in [4.69, 9.17) is 0 Å². The minimum Gasteiger partial charge on any atom is -0.338 e. The molecule has 0 fully saturated rings. The first kappa shape index (κ1) is 14.9. The Balaban J connectivity index is 0.00000161. The summed E-state index contributed by atoms with van der Waals surface area (Å²) in [6.45, 7) is 0. The number of aromatic amines is 1. The van der Waals surface area contributed by atoms with Crippen LogP contribution < -0.4 is 0 Å². The van der Waals surface area contributed by atoms with Crippen LogP contribution in [0.25, 0.3) is 22.6 Å². The van der Waals surface area contributed by atoms with E-state index in [9.17, 15) is 10.1 Å². The molecular formula is C14H11BrN4O2. The Morgan fingerprint density at radius 2 is 1.90 bits per heavy atom. The largest absolute Gasteiger partial charge is 0.338 e. The fourth-order valence-corrected chi connectivity index (χ4v) is 1.90. The molecule has 0 atom stereocenters. The first-order valence-electron chi connectivity index (χ1n) is 5.94. The van der Waals surface area contributed by atoms with Crippen molar-refractivity contribution in [1.82, 2.24) is 15.0 Å². The Bertz CT molecular complexity index is 758. The van der Waals surface area contributed by atoms with Crippen molar-refractivity contribution in [2.45, 2.75) is 0 Å². The summed E-state index contributed by atoms with van der Waals surface area (Å²) < 4.78 is 0. The first-order chi connectivity index (χ1) is 9.74. The quantitative estimate of drug-likeness (QED) is 0.579. The molecule has 106 valence electrons.